The van der Waals surface area contributed by atoms with E-state index in [1.54, 1.807) is 12.1 Å². The van der Waals surface area contributed by atoms with Gasteiger partial charge in [-0.3, -0.25) is 0 Å². The van der Waals surface area contributed by atoms with E-state index in [2.05, 4.69) is 4.72 Å². The SMILES string of the molecule is O=S(=O)(NCCC(O)c1ccc(F)cc1)c1cccc(Cl)c1. The van der Waals surface area contributed by atoms with Gasteiger partial charge in [-0.2, -0.15) is 0 Å². The van der Waals surface area contributed by atoms with E-state index in [9.17, 15) is 17.9 Å². The fourth-order valence-corrected chi connectivity index (χ4v) is 3.25. The largest absolute Gasteiger partial charge is 0.388 e. The molecular formula is C15H15ClFNO3S. The molecule has 1 unspecified atom stereocenters. The predicted molar refractivity (Wildman–Crippen MR) is 82.6 cm³/mol. The molecule has 2 aromatic rings. The van der Waals surface area contributed by atoms with Crippen LogP contribution >= 0.6 is 11.6 Å². The third-order valence-electron chi connectivity index (χ3n) is 3.07. The van der Waals surface area contributed by atoms with Crippen molar-refractivity contribution in [2.45, 2.75) is 17.4 Å². The normalized spacial score (nSPS) is 13.0. The molecule has 0 bridgehead atoms. The Kier molecular flexibility index (Phi) is 5.52. The average molecular weight is 344 g/mol. The summed E-state index contributed by atoms with van der Waals surface area (Å²) in [6.07, 6.45) is -0.700. The third-order valence-corrected chi connectivity index (χ3v) is 4.76. The maximum Gasteiger partial charge on any atom is 0.240 e. The van der Waals surface area contributed by atoms with Gasteiger partial charge in [0.2, 0.25) is 10.0 Å². The molecule has 22 heavy (non-hydrogen) atoms. The molecule has 0 aromatic heterocycles. The number of sulfonamides is 1. The second-order valence-electron chi connectivity index (χ2n) is 4.71. The average Bonchev–Trinajstić information content (AvgIpc) is 2.47. The first-order chi connectivity index (χ1) is 10.4. The van der Waals surface area contributed by atoms with Crippen LogP contribution in [0, 0.1) is 5.82 Å². The molecule has 0 heterocycles. The fraction of sp³-hybridized carbons (Fsp3) is 0.200. The maximum absolute atomic E-state index is 12.8. The van der Waals surface area contributed by atoms with Gasteiger partial charge in [-0.25, -0.2) is 17.5 Å². The van der Waals surface area contributed by atoms with Crippen LogP contribution in [0.3, 0.4) is 0 Å². The minimum atomic E-state index is -3.67. The smallest absolute Gasteiger partial charge is 0.240 e. The van der Waals surface area contributed by atoms with Crippen LogP contribution in [0.15, 0.2) is 53.4 Å². The van der Waals surface area contributed by atoms with Crippen LogP contribution < -0.4 is 4.72 Å². The van der Waals surface area contributed by atoms with Crippen molar-refractivity contribution in [2.75, 3.05) is 6.54 Å². The van der Waals surface area contributed by atoms with Gasteiger partial charge in [0.25, 0.3) is 0 Å². The second-order valence-corrected chi connectivity index (χ2v) is 6.91. The zero-order valence-corrected chi connectivity index (χ0v) is 13.1. The summed E-state index contributed by atoms with van der Waals surface area (Å²) in [7, 11) is -3.67. The van der Waals surface area contributed by atoms with E-state index in [0.717, 1.165) is 0 Å². The number of hydrogen-bond donors (Lipinski definition) is 2. The van der Waals surface area contributed by atoms with Gasteiger partial charge < -0.3 is 5.11 Å². The van der Waals surface area contributed by atoms with Gasteiger partial charge in [0.15, 0.2) is 0 Å². The van der Waals surface area contributed by atoms with Crippen LogP contribution in [0.4, 0.5) is 4.39 Å². The maximum atomic E-state index is 12.8. The van der Waals surface area contributed by atoms with Gasteiger partial charge in [-0.05, 0) is 42.3 Å². The minimum Gasteiger partial charge on any atom is -0.388 e. The van der Waals surface area contributed by atoms with E-state index in [1.807, 2.05) is 0 Å². The van der Waals surface area contributed by atoms with Crippen molar-refractivity contribution in [3.63, 3.8) is 0 Å². The van der Waals surface area contributed by atoms with Crippen molar-refractivity contribution in [2.24, 2.45) is 0 Å². The number of halogens is 2. The number of aliphatic hydroxyl groups is 1. The molecule has 2 aromatic carbocycles. The van der Waals surface area contributed by atoms with Gasteiger partial charge >= 0.3 is 0 Å². The predicted octanol–water partition coefficient (Wildman–Crippen LogP) is 2.88. The van der Waals surface area contributed by atoms with E-state index in [1.165, 1.54) is 36.4 Å². The molecule has 0 radical (unpaired) electrons. The quantitative estimate of drug-likeness (QED) is 0.847. The van der Waals surface area contributed by atoms with E-state index in [4.69, 9.17) is 11.6 Å². The van der Waals surface area contributed by atoms with Gasteiger partial charge in [0.1, 0.15) is 5.82 Å². The van der Waals surface area contributed by atoms with E-state index >= 15 is 0 Å². The first-order valence-corrected chi connectivity index (χ1v) is 8.43. The van der Waals surface area contributed by atoms with Crippen molar-refractivity contribution in [3.8, 4) is 0 Å². The highest BCUT2D eigenvalue weighted by Crippen LogP contribution is 2.18. The summed E-state index contributed by atoms with van der Waals surface area (Å²) in [4.78, 5) is 0.0660. The van der Waals surface area contributed by atoms with Gasteiger partial charge in [-0.15, -0.1) is 0 Å². The Hall–Kier alpha value is -1.47. The van der Waals surface area contributed by atoms with Crippen LogP contribution in [-0.2, 0) is 10.0 Å². The van der Waals surface area contributed by atoms with Crippen LogP contribution in [-0.4, -0.2) is 20.1 Å². The molecule has 0 amide bonds. The number of rotatable bonds is 6. The Morgan fingerprint density at radius 2 is 1.86 bits per heavy atom. The van der Waals surface area contributed by atoms with Crippen molar-refractivity contribution in [1.29, 1.82) is 0 Å². The highest BCUT2D eigenvalue weighted by molar-refractivity contribution is 7.89. The Morgan fingerprint density at radius 3 is 2.50 bits per heavy atom. The molecule has 118 valence electrons. The zero-order chi connectivity index (χ0) is 16.2. The molecule has 1 atom stereocenters. The molecule has 0 aliphatic heterocycles. The van der Waals surface area contributed by atoms with Crippen LogP contribution in [0.5, 0.6) is 0 Å². The molecule has 0 aliphatic carbocycles. The topological polar surface area (TPSA) is 66.4 Å². The molecule has 0 spiro atoms. The summed E-state index contributed by atoms with van der Waals surface area (Å²) in [6.45, 7) is 0.0490. The Bertz CT molecular complexity index is 735. The van der Waals surface area contributed by atoms with Gasteiger partial charge in [0, 0.05) is 11.6 Å². The highest BCUT2D eigenvalue weighted by Gasteiger charge is 2.15. The van der Waals surface area contributed by atoms with E-state index < -0.39 is 21.9 Å². The minimum absolute atomic E-state index is 0.0490. The monoisotopic (exact) mass is 343 g/mol. The van der Waals surface area contributed by atoms with Crippen molar-refractivity contribution in [1.82, 2.24) is 4.72 Å². The molecule has 0 saturated heterocycles. The van der Waals surface area contributed by atoms with Gasteiger partial charge in [-0.1, -0.05) is 29.8 Å². The summed E-state index contributed by atoms with van der Waals surface area (Å²) < 4.78 is 39.3. The van der Waals surface area contributed by atoms with E-state index in [-0.39, 0.29) is 17.9 Å². The standard InChI is InChI=1S/C15H15ClFNO3S/c16-12-2-1-3-14(10-12)22(20,21)18-9-8-15(19)11-4-6-13(17)7-5-11/h1-7,10,15,18-19H,8-9H2. The summed E-state index contributed by atoms with van der Waals surface area (Å²) in [5.74, 6) is -0.391. The Balaban J connectivity index is 1.94. The number of nitrogens with one attached hydrogen (secondary N) is 1. The lowest BCUT2D eigenvalue weighted by Crippen LogP contribution is -2.26. The van der Waals surface area contributed by atoms with Crippen molar-refractivity contribution >= 4 is 21.6 Å². The summed E-state index contributed by atoms with van der Waals surface area (Å²) in [6, 6.07) is 11.3. The second kappa shape index (κ2) is 7.19. The number of benzene rings is 2. The number of hydrogen-bond acceptors (Lipinski definition) is 3. The Morgan fingerprint density at radius 1 is 1.18 bits per heavy atom. The molecule has 2 N–H and O–H groups in total. The molecule has 4 nitrogen and oxygen atoms in total. The summed E-state index contributed by atoms with van der Waals surface area (Å²) in [5, 5.41) is 10.3. The lowest BCUT2D eigenvalue weighted by Gasteiger charge is -2.12. The molecule has 0 fully saturated rings. The van der Waals surface area contributed by atoms with E-state index in [0.29, 0.717) is 10.6 Å². The van der Waals surface area contributed by atoms with Crippen LogP contribution in [0.1, 0.15) is 18.1 Å². The molecule has 2 rings (SSSR count). The summed E-state index contributed by atoms with van der Waals surface area (Å²) >= 11 is 5.77. The van der Waals surface area contributed by atoms with Crippen LogP contribution in [0.2, 0.25) is 5.02 Å². The molecule has 0 aliphatic rings. The van der Waals surface area contributed by atoms with Crippen molar-refractivity contribution in [3.05, 3.63) is 64.9 Å². The molecule has 0 saturated carbocycles. The highest BCUT2D eigenvalue weighted by atomic mass is 35.5. The van der Waals surface area contributed by atoms with Crippen molar-refractivity contribution < 1.29 is 17.9 Å². The zero-order valence-electron chi connectivity index (χ0n) is 11.5. The first-order valence-electron chi connectivity index (χ1n) is 6.57. The lowest BCUT2D eigenvalue weighted by atomic mass is 10.1. The van der Waals surface area contributed by atoms with Gasteiger partial charge in [0.05, 0.1) is 11.0 Å². The lowest BCUT2D eigenvalue weighted by molar-refractivity contribution is 0.169. The fourth-order valence-electron chi connectivity index (χ4n) is 1.90. The third kappa shape index (κ3) is 4.51. The van der Waals surface area contributed by atoms with Crippen LogP contribution in [0.25, 0.3) is 0 Å². The number of aliphatic hydroxyl groups excluding tert-OH is 1. The summed E-state index contributed by atoms with van der Waals surface area (Å²) in [5.41, 5.74) is 0.531. The molecular weight excluding hydrogens is 329 g/mol. The Labute approximate surface area is 133 Å². The first kappa shape index (κ1) is 16.9. The molecule has 7 heteroatoms.